The number of benzene rings is 1. The van der Waals surface area contributed by atoms with Gasteiger partial charge in [-0.2, -0.15) is 0 Å². The number of ether oxygens (including phenoxy) is 2. The van der Waals surface area contributed by atoms with Crippen LogP contribution in [0.4, 0.5) is 4.39 Å². The highest BCUT2D eigenvalue weighted by molar-refractivity contribution is 7.13. The van der Waals surface area contributed by atoms with Gasteiger partial charge in [0.05, 0.1) is 7.11 Å². The van der Waals surface area contributed by atoms with Crippen LogP contribution in [-0.2, 0) is 19.1 Å². The predicted molar refractivity (Wildman–Crippen MR) is 101 cm³/mol. The topological polar surface area (TPSA) is 94.6 Å². The van der Waals surface area contributed by atoms with E-state index in [1.165, 1.54) is 36.0 Å². The van der Waals surface area contributed by atoms with Crippen LogP contribution in [0.5, 0.6) is 0 Å². The van der Waals surface area contributed by atoms with Crippen molar-refractivity contribution in [3.05, 3.63) is 41.2 Å². The molecule has 7 nitrogen and oxygen atoms in total. The second-order valence-electron chi connectivity index (χ2n) is 6.07. The maximum absolute atomic E-state index is 13.0. The van der Waals surface area contributed by atoms with E-state index in [0.717, 1.165) is 0 Å². The molecule has 0 aliphatic rings. The Balaban J connectivity index is 1.93. The molecule has 9 heteroatoms. The Morgan fingerprint density at radius 2 is 1.93 bits per heavy atom. The smallest absolute Gasteiger partial charge is 0.358 e. The molecule has 0 fully saturated rings. The number of rotatable bonds is 8. The molecule has 1 amide bonds. The number of carbonyl (C=O) groups is 3. The highest BCUT2D eigenvalue weighted by atomic mass is 32.1. The van der Waals surface area contributed by atoms with Crippen molar-refractivity contribution < 1.29 is 28.2 Å². The fourth-order valence-corrected chi connectivity index (χ4v) is 3.10. The summed E-state index contributed by atoms with van der Waals surface area (Å²) in [4.78, 5) is 40.1. The number of aromatic nitrogens is 1. The van der Waals surface area contributed by atoms with Gasteiger partial charge in [-0.05, 0) is 30.2 Å². The largest absolute Gasteiger partial charge is 0.467 e. The van der Waals surface area contributed by atoms with E-state index in [4.69, 9.17) is 4.74 Å². The van der Waals surface area contributed by atoms with Crippen molar-refractivity contribution in [2.75, 3.05) is 13.7 Å². The lowest BCUT2D eigenvalue weighted by atomic mass is 9.99. The number of nitrogens with one attached hydrogen (secondary N) is 1. The van der Waals surface area contributed by atoms with Crippen molar-refractivity contribution in [1.82, 2.24) is 10.3 Å². The summed E-state index contributed by atoms with van der Waals surface area (Å²) < 4.78 is 22.6. The standard InChI is InChI=1S/C19H21FN2O5S/c1-4-11(2)16(19(25)26-3)22-15(23)9-27-18(24)14-10-28-17(21-14)12-5-7-13(20)8-6-12/h5-8,10-11,16H,4,9H2,1-3H3,(H,22,23)/t11-,16+/m0/s1. The van der Waals surface area contributed by atoms with Crippen LogP contribution in [0, 0.1) is 11.7 Å². The molecule has 2 rings (SSSR count). The summed E-state index contributed by atoms with van der Waals surface area (Å²) in [6.45, 7) is 3.14. The zero-order valence-corrected chi connectivity index (χ0v) is 16.5. The van der Waals surface area contributed by atoms with Gasteiger partial charge in [0.1, 0.15) is 16.9 Å². The maximum atomic E-state index is 13.0. The first-order chi connectivity index (χ1) is 13.3. The van der Waals surface area contributed by atoms with Crippen LogP contribution in [0.3, 0.4) is 0 Å². The minimum absolute atomic E-state index is 0.0450. The molecule has 150 valence electrons. The molecular weight excluding hydrogens is 387 g/mol. The molecule has 1 aromatic heterocycles. The summed E-state index contributed by atoms with van der Waals surface area (Å²) in [5.41, 5.74) is 0.709. The number of thiazole rings is 1. The molecule has 28 heavy (non-hydrogen) atoms. The van der Waals surface area contributed by atoms with Crippen molar-refractivity contribution in [1.29, 1.82) is 0 Å². The summed E-state index contributed by atoms with van der Waals surface area (Å²) in [6.07, 6.45) is 0.658. The third-order valence-corrected chi connectivity index (χ3v) is 5.01. The van der Waals surface area contributed by atoms with Gasteiger partial charge in [0.2, 0.25) is 0 Å². The van der Waals surface area contributed by atoms with Crippen LogP contribution in [0.25, 0.3) is 10.6 Å². The van der Waals surface area contributed by atoms with Crippen LogP contribution in [0.15, 0.2) is 29.6 Å². The average molecular weight is 408 g/mol. The van der Waals surface area contributed by atoms with E-state index in [9.17, 15) is 18.8 Å². The van der Waals surface area contributed by atoms with Gasteiger partial charge in [-0.1, -0.05) is 20.3 Å². The average Bonchev–Trinajstić information content (AvgIpc) is 3.19. The molecule has 0 unspecified atom stereocenters. The van der Waals surface area contributed by atoms with Gasteiger partial charge in [-0.25, -0.2) is 19.0 Å². The van der Waals surface area contributed by atoms with Gasteiger partial charge < -0.3 is 14.8 Å². The Morgan fingerprint density at radius 1 is 1.25 bits per heavy atom. The van der Waals surface area contributed by atoms with E-state index >= 15 is 0 Å². The highest BCUT2D eigenvalue weighted by Crippen LogP contribution is 2.24. The fraction of sp³-hybridized carbons (Fsp3) is 0.368. The normalized spacial score (nSPS) is 12.7. The van der Waals surface area contributed by atoms with E-state index in [1.807, 2.05) is 6.92 Å². The molecule has 0 spiro atoms. The minimum Gasteiger partial charge on any atom is -0.467 e. The Morgan fingerprint density at radius 3 is 2.54 bits per heavy atom. The first-order valence-corrected chi connectivity index (χ1v) is 9.49. The van der Waals surface area contributed by atoms with Crippen molar-refractivity contribution in [3.63, 3.8) is 0 Å². The number of carbonyl (C=O) groups excluding carboxylic acids is 3. The number of halogens is 1. The van der Waals surface area contributed by atoms with Gasteiger partial charge >= 0.3 is 11.9 Å². The van der Waals surface area contributed by atoms with E-state index in [1.54, 1.807) is 19.1 Å². The van der Waals surface area contributed by atoms with E-state index in [-0.39, 0.29) is 17.4 Å². The van der Waals surface area contributed by atoms with Crippen LogP contribution in [0.1, 0.15) is 30.8 Å². The van der Waals surface area contributed by atoms with Crippen molar-refractivity contribution >= 4 is 29.2 Å². The molecule has 0 aliphatic heterocycles. The Kier molecular flexibility index (Phi) is 7.62. The van der Waals surface area contributed by atoms with Crippen LogP contribution < -0.4 is 5.32 Å². The first kappa shape index (κ1) is 21.5. The SMILES string of the molecule is CC[C@H](C)[C@@H](NC(=O)COC(=O)c1csc(-c2ccc(F)cc2)n1)C(=O)OC. The second kappa shape index (κ2) is 9.93. The first-order valence-electron chi connectivity index (χ1n) is 8.61. The fourth-order valence-electron chi connectivity index (χ4n) is 2.31. The maximum Gasteiger partial charge on any atom is 0.358 e. The lowest BCUT2D eigenvalue weighted by Gasteiger charge is -2.21. The molecule has 0 bridgehead atoms. The molecule has 1 N–H and O–H groups in total. The molecule has 0 radical (unpaired) electrons. The second-order valence-corrected chi connectivity index (χ2v) is 6.93. The Labute approximate surface area is 165 Å². The van der Waals surface area contributed by atoms with Crippen LogP contribution in [0.2, 0.25) is 0 Å². The number of hydrogen-bond donors (Lipinski definition) is 1. The quantitative estimate of drug-likeness (QED) is 0.675. The Hall–Kier alpha value is -2.81. The lowest BCUT2D eigenvalue weighted by molar-refractivity contribution is -0.147. The molecule has 1 heterocycles. The zero-order chi connectivity index (χ0) is 20.7. The molecule has 0 saturated carbocycles. The summed E-state index contributed by atoms with van der Waals surface area (Å²) in [5.74, 6) is -2.44. The minimum atomic E-state index is -0.814. The van der Waals surface area contributed by atoms with E-state index < -0.39 is 30.5 Å². The van der Waals surface area contributed by atoms with Crippen molar-refractivity contribution in [3.8, 4) is 10.6 Å². The monoisotopic (exact) mass is 408 g/mol. The van der Waals surface area contributed by atoms with E-state index in [0.29, 0.717) is 17.0 Å². The highest BCUT2D eigenvalue weighted by Gasteiger charge is 2.27. The number of amides is 1. The molecule has 0 aliphatic carbocycles. The number of hydrogen-bond acceptors (Lipinski definition) is 7. The lowest BCUT2D eigenvalue weighted by Crippen LogP contribution is -2.47. The van der Waals surface area contributed by atoms with Gasteiger partial charge in [0.25, 0.3) is 5.91 Å². The van der Waals surface area contributed by atoms with Gasteiger partial charge in [-0.15, -0.1) is 11.3 Å². The molecule has 0 saturated heterocycles. The summed E-state index contributed by atoms with van der Waals surface area (Å²) in [7, 11) is 1.24. The summed E-state index contributed by atoms with van der Waals surface area (Å²) in [5, 5.41) is 4.54. The molecular formula is C19H21FN2O5S. The summed E-state index contributed by atoms with van der Waals surface area (Å²) in [6, 6.07) is 4.89. The van der Waals surface area contributed by atoms with E-state index in [2.05, 4.69) is 15.0 Å². The van der Waals surface area contributed by atoms with Gasteiger partial charge in [-0.3, -0.25) is 4.79 Å². The molecule has 2 aromatic rings. The van der Waals surface area contributed by atoms with Crippen molar-refractivity contribution in [2.24, 2.45) is 5.92 Å². The third-order valence-electron chi connectivity index (χ3n) is 4.12. The predicted octanol–water partition coefficient (Wildman–Crippen LogP) is 2.81. The zero-order valence-electron chi connectivity index (χ0n) is 15.7. The van der Waals surface area contributed by atoms with Gasteiger partial charge in [0.15, 0.2) is 12.3 Å². The third kappa shape index (κ3) is 5.59. The molecule has 1 aromatic carbocycles. The molecule has 2 atom stereocenters. The van der Waals surface area contributed by atoms with Crippen LogP contribution in [-0.4, -0.2) is 42.6 Å². The number of esters is 2. The Bertz CT molecular complexity index is 837. The van der Waals surface area contributed by atoms with Gasteiger partial charge in [0, 0.05) is 10.9 Å². The van der Waals surface area contributed by atoms with Crippen LogP contribution >= 0.6 is 11.3 Å². The van der Waals surface area contributed by atoms with Crippen molar-refractivity contribution in [2.45, 2.75) is 26.3 Å². The number of methoxy groups -OCH3 is 1. The summed E-state index contributed by atoms with van der Waals surface area (Å²) >= 11 is 1.20. The number of nitrogens with zero attached hydrogens (tertiary/aromatic N) is 1.